The standard InChI is InChI=1S/C21H29FN4OS.HI/c1-3-23-20(24-11-8-19-14-28-16(2)26-19)25-15-21(9-12-27-13-10-21)17-4-6-18(22)7-5-17;/h4-7,14H,3,8-13,15H2,1-2H3,(H2,23,24,25);1H. The Kier molecular flexibility index (Phi) is 9.78. The van der Waals surface area contributed by atoms with Crippen molar-refractivity contribution in [2.24, 2.45) is 4.99 Å². The molecule has 5 nitrogen and oxygen atoms in total. The highest BCUT2D eigenvalue weighted by molar-refractivity contribution is 14.0. The third-order valence-electron chi connectivity index (χ3n) is 5.13. The van der Waals surface area contributed by atoms with Crippen molar-refractivity contribution < 1.29 is 9.13 Å². The Hall–Kier alpha value is -1.26. The van der Waals surface area contributed by atoms with Crippen LogP contribution in [0, 0.1) is 12.7 Å². The second-order valence-electron chi connectivity index (χ2n) is 7.13. The van der Waals surface area contributed by atoms with E-state index in [-0.39, 0.29) is 35.2 Å². The first-order valence-electron chi connectivity index (χ1n) is 9.88. The van der Waals surface area contributed by atoms with E-state index in [4.69, 9.17) is 9.73 Å². The maximum atomic E-state index is 13.4. The van der Waals surface area contributed by atoms with Gasteiger partial charge in [-0.15, -0.1) is 35.3 Å². The number of hydrogen-bond acceptors (Lipinski definition) is 4. The Morgan fingerprint density at radius 3 is 2.59 bits per heavy atom. The van der Waals surface area contributed by atoms with Gasteiger partial charge in [-0.1, -0.05) is 12.1 Å². The van der Waals surface area contributed by atoms with Crippen molar-refractivity contribution in [3.8, 4) is 0 Å². The number of benzene rings is 1. The van der Waals surface area contributed by atoms with Crippen molar-refractivity contribution in [3.63, 3.8) is 0 Å². The molecule has 2 aromatic rings. The Morgan fingerprint density at radius 1 is 1.24 bits per heavy atom. The number of hydrogen-bond donors (Lipinski definition) is 2. The summed E-state index contributed by atoms with van der Waals surface area (Å²) in [5.41, 5.74) is 2.13. The van der Waals surface area contributed by atoms with Crippen molar-refractivity contribution in [2.45, 2.75) is 38.5 Å². The van der Waals surface area contributed by atoms with Gasteiger partial charge < -0.3 is 15.4 Å². The number of guanidine groups is 1. The molecule has 1 fully saturated rings. The summed E-state index contributed by atoms with van der Waals surface area (Å²) >= 11 is 1.68. The Balaban J connectivity index is 0.00000300. The molecule has 3 rings (SSSR count). The summed E-state index contributed by atoms with van der Waals surface area (Å²) in [5, 5.41) is 9.93. The number of halogens is 2. The zero-order valence-electron chi connectivity index (χ0n) is 17.0. The first-order valence-corrected chi connectivity index (χ1v) is 10.8. The van der Waals surface area contributed by atoms with Crippen molar-refractivity contribution >= 4 is 41.3 Å². The van der Waals surface area contributed by atoms with Gasteiger partial charge in [0.2, 0.25) is 0 Å². The van der Waals surface area contributed by atoms with Crippen LogP contribution in [-0.2, 0) is 16.6 Å². The Morgan fingerprint density at radius 2 is 1.97 bits per heavy atom. The summed E-state index contributed by atoms with van der Waals surface area (Å²) < 4.78 is 19.0. The number of rotatable bonds is 7. The SMILES string of the molecule is CCNC(=NCC1(c2ccc(F)cc2)CCOCC1)NCCc1csc(C)n1.I. The fourth-order valence-corrected chi connectivity index (χ4v) is 4.15. The lowest BCUT2D eigenvalue weighted by atomic mass is 9.74. The molecule has 1 aromatic heterocycles. The van der Waals surface area contributed by atoms with E-state index in [0.29, 0.717) is 19.8 Å². The fraction of sp³-hybridized carbons (Fsp3) is 0.524. The van der Waals surface area contributed by atoms with E-state index >= 15 is 0 Å². The fourth-order valence-electron chi connectivity index (χ4n) is 3.51. The zero-order chi connectivity index (χ0) is 19.8. The first kappa shape index (κ1) is 24.0. The van der Waals surface area contributed by atoms with Gasteiger partial charge >= 0.3 is 0 Å². The normalized spacial score (nSPS) is 16.2. The maximum absolute atomic E-state index is 13.4. The quantitative estimate of drug-likeness (QED) is 0.321. The van der Waals surface area contributed by atoms with Crippen LogP contribution in [0.2, 0.25) is 0 Å². The largest absolute Gasteiger partial charge is 0.381 e. The van der Waals surface area contributed by atoms with Crippen LogP contribution in [-0.4, -0.2) is 43.8 Å². The van der Waals surface area contributed by atoms with Gasteiger partial charge in [0.1, 0.15) is 5.82 Å². The van der Waals surface area contributed by atoms with E-state index < -0.39 is 0 Å². The van der Waals surface area contributed by atoms with E-state index in [1.165, 1.54) is 12.1 Å². The van der Waals surface area contributed by atoms with E-state index in [0.717, 1.165) is 54.6 Å². The van der Waals surface area contributed by atoms with Crippen LogP contribution in [0.3, 0.4) is 0 Å². The second-order valence-corrected chi connectivity index (χ2v) is 8.19. The molecule has 1 aromatic carbocycles. The van der Waals surface area contributed by atoms with Crippen LogP contribution < -0.4 is 10.6 Å². The predicted octanol–water partition coefficient (Wildman–Crippen LogP) is 4.05. The molecule has 0 bridgehead atoms. The monoisotopic (exact) mass is 532 g/mol. The molecule has 2 heterocycles. The van der Waals surface area contributed by atoms with Gasteiger partial charge in [0.25, 0.3) is 0 Å². The third-order valence-corrected chi connectivity index (χ3v) is 5.95. The lowest BCUT2D eigenvalue weighted by molar-refractivity contribution is 0.0531. The lowest BCUT2D eigenvalue weighted by Gasteiger charge is -2.36. The molecule has 2 N–H and O–H groups in total. The molecular formula is C21H30FIN4OS. The summed E-state index contributed by atoms with van der Waals surface area (Å²) in [6.07, 6.45) is 2.64. The van der Waals surface area contributed by atoms with Gasteiger partial charge in [0.15, 0.2) is 5.96 Å². The molecule has 8 heteroatoms. The van der Waals surface area contributed by atoms with Crippen LogP contribution in [0.1, 0.15) is 36.0 Å². The Labute approximate surface area is 193 Å². The van der Waals surface area contributed by atoms with E-state index in [9.17, 15) is 4.39 Å². The average Bonchev–Trinajstić information content (AvgIpc) is 3.12. The summed E-state index contributed by atoms with van der Waals surface area (Å²) in [7, 11) is 0. The minimum atomic E-state index is -0.207. The average molecular weight is 532 g/mol. The molecular weight excluding hydrogens is 502 g/mol. The molecule has 0 aliphatic carbocycles. The van der Waals surface area contributed by atoms with Gasteiger partial charge in [-0.25, -0.2) is 9.37 Å². The zero-order valence-corrected chi connectivity index (χ0v) is 20.2. The highest BCUT2D eigenvalue weighted by Crippen LogP contribution is 2.35. The molecule has 0 atom stereocenters. The van der Waals surface area contributed by atoms with Crippen molar-refractivity contribution in [3.05, 3.63) is 51.7 Å². The van der Waals surface area contributed by atoms with Crippen molar-refractivity contribution in [1.82, 2.24) is 15.6 Å². The van der Waals surface area contributed by atoms with Gasteiger partial charge in [0, 0.05) is 43.5 Å². The summed E-state index contributed by atoms with van der Waals surface area (Å²) in [4.78, 5) is 9.38. The number of aliphatic imine (C=N–C) groups is 1. The van der Waals surface area contributed by atoms with Crippen LogP contribution in [0.4, 0.5) is 4.39 Å². The summed E-state index contributed by atoms with van der Waals surface area (Å²) in [6.45, 7) is 7.73. The molecule has 0 radical (unpaired) electrons. The predicted molar refractivity (Wildman–Crippen MR) is 128 cm³/mol. The minimum absolute atomic E-state index is 0. The number of aromatic nitrogens is 1. The molecule has 0 unspecified atom stereocenters. The molecule has 1 saturated heterocycles. The minimum Gasteiger partial charge on any atom is -0.381 e. The van der Waals surface area contributed by atoms with Gasteiger partial charge in [-0.3, -0.25) is 4.99 Å². The van der Waals surface area contributed by atoms with E-state index in [1.807, 2.05) is 19.1 Å². The number of ether oxygens (including phenoxy) is 1. The number of nitrogens with zero attached hydrogens (tertiary/aromatic N) is 2. The molecule has 160 valence electrons. The first-order chi connectivity index (χ1) is 13.6. The summed E-state index contributed by atoms with van der Waals surface area (Å²) in [6, 6.07) is 6.85. The molecule has 0 amide bonds. The van der Waals surface area contributed by atoms with E-state index in [2.05, 4.69) is 27.9 Å². The van der Waals surface area contributed by atoms with Crippen LogP contribution >= 0.6 is 35.3 Å². The van der Waals surface area contributed by atoms with Gasteiger partial charge in [-0.2, -0.15) is 0 Å². The maximum Gasteiger partial charge on any atom is 0.191 e. The number of aryl methyl sites for hydroxylation is 1. The molecule has 29 heavy (non-hydrogen) atoms. The summed E-state index contributed by atoms with van der Waals surface area (Å²) in [5.74, 6) is 0.601. The molecule has 1 aliphatic heterocycles. The van der Waals surface area contributed by atoms with Gasteiger partial charge in [0.05, 0.1) is 17.2 Å². The second kappa shape index (κ2) is 11.8. The van der Waals surface area contributed by atoms with Crippen LogP contribution in [0.15, 0.2) is 34.6 Å². The number of nitrogens with one attached hydrogen (secondary N) is 2. The molecule has 1 aliphatic rings. The van der Waals surface area contributed by atoms with Crippen molar-refractivity contribution in [2.75, 3.05) is 32.8 Å². The van der Waals surface area contributed by atoms with E-state index in [1.54, 1.807) is 11.3 Å². The topological polar surface area (TPSA) is 58.5 Å². The Bertz CT molecular complexity index is 775. The van der Waals surface area contributed by atoms with Crippen LogP contribution in [0.25, 0.3) is 0 Å². The van der Waals surface area contributed by atoms with Crippen molar-refractivity contribution in [1.29, 1.82) is 0 Å². The van der Waals surface area contributed by atoms with Crippen LogP contribution in [0.5, 0.6) is 0 Å². The highest BCUT2D eigenvalue weighted by Gasteiger charge is 2.34. The lowest BCUT2D eigenvalue weighted by Crippen LogP contribution is -2.41. The molecule has 0 spiro atoms. The number of thiazole rings is 1. The smallest absolute Gasteiger partial charge is 0.191 e. The third kappa shape index (κ3) is 6.89. The van der Waals surface area contributed by atoms with Gasteiger partial charge in [-0.05, 0) is 44.4 Å². The molecule has 0 saturated carbocycles. The highest BCUT2D eigenvalue weighted by atomic mass is 127.